The summed E-state index contributed by atoms with van der Waals surface area (Å²) in [4.78, 5) is 14.3. The summed E-state index contributed by atoms with van der Waals surface area (Å²) in [6, 6.07) is 8.39. The van der Waals surface area contributed by atoms with E-state index in [4.69, 9.17) is 4.74 Å². The number of carbonyl (C=O) groups excluding carboxylic acids is 1. The van der Waals surface area contributed by atoms with E-state index >= 15 is 0 Å². The van der Waals surface area contributed by atoms with Gasteiger partial charge in [0.2, 0.25) is 0 Å². The zero-order valence-corrected chi connectivity index (χ0v) is 13.7. The van der Waals surface area contributed by atoms with Gasteiger partial charge in [0.05, 0.1) is 13.2 Å². The lowest BCUT2D eigenvalue weighted by Gasteiger charge is -2.28. The Bertz CT molecular complexity index is 524. The van der Waals surface area contributed by atoms with E-state index in [-0.39, 0.29) is 18.2 Å². The predicted molar refractivity (Wildman–Crippen MR) is 88.7 cm³/mol. The van der Waals surface area contributed by atoms with Crippen molar-refractivity contribution in [1.82, 2.24) is 10.2 Å². The van der Waals surface area contributed by atoms with Crippen LogP contribution in [0, 0.1) is 0 Å². The zero-order valence-electron chi connectivity index (χ0n) is 13.7. The van der Waals surface area contributed by atoms with Gasteiger partial charge in [0.15, 0.2) is 0 Å². The number of carbonyl (C=O) groups is 1. The van der Waals surface area contributed by atoms with E-state index in [0.717, 1.165) is 50.9 Å². The number of nitrogens with zero attached hydrogens (tertiary/aromatic N) is 1. The second-order valence-corrected chi connectivity index (χ2v) is 6.66. The number of likely N-dealkylation sites (tertiary alicyclic amines) is 1. The minimum atomic E-state index is -0.186. The fraction of sp³-hybridized carbons (Fsp3) is 0.611. The molecule has 2 fully saturated rings. The number of nitrogens with one attached hydrogen (secondary N) is 1. The van der Waals surface area contributed by atoms with Gasteiger partial charge < -0.3 is 20.1 Å². The first-order valence-corrected chi connectivity index (χ1v) is 8.53. The summed E-state index contributed by atoms with van der Waals surface area (Å²) in [5.74, 6) is 1.26. The monoisotopic (exact) mass is 318 g/mol. The SMILES string of the molecule is COc1ccc(C2CCN(C(=O)NC3CCC(O)CC3)C2)cc1. The van der Waals surface area contributed by atoms with Crippen LogP contribution < -0.4 is 10.1 Å². The summed E-state index contributed by atoms with van der Waals surface area (Å²) in [5, 5.41) is 12.7. The normalized spacial score (nSPS) is 27.7. The highest BCUT2D eigenvalue weighted by atomic mass is 16.5. The van der Waals surface area contributed by atoms with Crippen molar-refractivity contribution in [3.8, 4) is 5.75 Å². The highest BCUT2D eigenvalue weighted by molar-refractivity contribution is 5.75. The molecule has 0 aromatic heterocycles. The average Bonchev–Trinajstić information content (AvgIpc) is 3.07. The molecule has 0 bridgehead atoms. The van der Waals surface area contributed by atoms with Crippen molar-refractivity contribution in [2.45, 2.75) is 50.2 Å². The van der Waals surface area contributed by atoms with Crippen LogP contribution in [0.1, 0.15) is 43.6 Å². The predicted octanol–water partition coefficient (Wildman–Crippen LogP) is 2.50. The van der Waals surface area contributed by atoms with Crippen LogP contribution in [0.15, 0.2) is 24.3 Å². The second kappa shape index (κ2) is 7.21. The molecular formula is C18H26N2O3. The summed E-state index contributed by atoms with van der Waals surface area (Å²) in [6.07, 6.45) is 4.15. The molecule has 1 aliphatic carbocycles. The van der Waals surface area contributed by atoms with Gasteiger partial charge in [-0.05, 0) is 49.8 Å². The molecule has 1 aromatic rings. The van der Waals surface area contributed by atoms with Crippen molar-refractivity contribution in [3.63, 3.8) is 0 Å². The lowest BCUT2D eigenvalue weighted by atomic mass is 9.93. The Morgan fingerprint density at radius 1 is 1.17 bits per heavy atom. The number of hydrogen-bond donors (Lipinski definition) is 2. The minimum absolute atomic E-state index is 0.0439. The summed E-state index contributed by atoms with van der Waals surface area (Å²) < 4.78 is 5.19. The van der Waals surface area contributed by atoms with E-state index in [1.54, 1.807) is 7.11 Å². The first-order valence-electron chi connectivity index (χ1n) is 8.53. The van der Waals surface area contributed by atoms with E-state index in [1.165, 1.54) is 5.56 Å². The van der Waals surface area contributed by atoms with Crippen molar-refractivity contribution in [3.05, 3.63) is 29.8 Å². The number of aliphatic hydroxyl groups is 1. The zero-order chi connectivity index (χ0) is 16.2. The lowest BCUT2D eigenvalue weighted by Crippen LogP contribution is -2.45. The largest absolute Gasteiger partial charge is 0.497 e. The molecular weight excluding hydrogens is 292 g/mol. The molecule has 0 spiro atoms. The Balaban J connectivity index is 1.51. The van der Waals surface area contributed by atoms with Crippen LogP contribution in [-0.4, -0.2) is 48.4 Å². The fourth-order valence-corrected chi connectivity index (χ4v) is 3.58. The maximum Gasteiger partial charge on any atom is 0.317 e. The van der Waals surface area contributed by atoms with E-state index < -0.39 is 0 Å². The number of benzene rings is 1. The van der Waals surface area contributed by atoms with Gasteiger partial charge in [-0.25, -0.2) is 4.79 Å². The number of ether oxygens (including phenoxy) is 1. The third-order valence-corrected chi connectivity index (χ3v) is 5.09. The van der Waals surface area contributed by atoms with E-state index in [1.807, 2.05) is 17.0 Å². The van der Waals surface area contributed by atoms with Crippen LogP contribution in [0.25, 0.3) is 0 Å². The molecule has 2 amide bonds. The fourth-order valence-electron chi connectivity index (χ4n) is 3.58. The maximum absolute atomic E-state index is 12.4. The standard InChI is InChI=1S/C18H26N2O3/c1-23-17-8-2-13(3-9-17)14-10-11-20(12-14)18(22)19-15-4-6-16(21)7-5-15/h2-3,8-9,14-16,21H,4-7,10-12H2,1H3,(H,19,22). The minimum Gasteiger partial charge on any atom is -0.497 e. The van der Waals surface area contributed by atoms with Crippen molar-refractivity contribution in [2.75, 3.05) is 20.2 Å². The lowest BCUT2D eigenvalue weighted by molar-refractivity contribution is 0.115. The molecule has 5 nitrogen and oxygen atoms in total. The van der Waals surface area contributed by atoms with Gasteiger partial charge in [-0.3, -0.25) is 0 Å². The number of amides is 2. The van der Waals surface area contributed by atoms with Crippen molar-refractivity contribution >= 4 is 6.03 Å². The summed E-state index contributed by atoms with van der Waals surface area (Å²) in [6.45, 7) is 1.57. The number of rotatable bonds is 3. The van der Waals surface area contributed by atoms with Crippen LogP contribution >= 0.6 is 0 Å². The molecule has 1 aromatic carbocycles. The quantitative estimate of drug-likeness (QED) is 0.900. The van der Waals surface area contributed by atoms with Gasteiger partial charge in [0.1, 0.15) is 5.75 Å². The molecule has 126 valence electrons. The topological polar surface area (TPSA) is 61.8 Å². The van der Waals surface area contributed by atoms with Crippen molar-refractivity contribution < 1.29 is 14.6 Å². The molecule has 2 aliphatic rings. The van der Waals surface area contributed by atoms with Gasteiger partial charge in [-0.2, -0.15) is 0 Å². The molecule has 23 heavy (non-hydrogen) atoms. The van der Waals surface area contributed by atoms with Gasteiger partial charge in [0.25, 0.3) is 0 Å². The smallest absolute Gasteiger partial charge is 0.317 e. The molecule has 1 heterocycles. The third-order valence-electron chi connectivity index (χ3n) is 5.09. The Kier molecular flexibility index (Phi) is 5.06. The molecule has 1 aliphatic heterocycles. The molecule has 1 saturated carbocycles. The second-order valence-electron chi connectivity index (χ2n) is 6.66. The average molecular weight is 318 g/mol. The maximum atomic E-state index is 12.4. The third kappa shape index (κ3) is 3.96. The molecule has 1 atom stereocenters. The molecule has 0 radical (unpaired) electrons. The van der Waals surface area contributed by atoms with Crippen LogP contribution in [0.3, 0.4) is 0 Å². The van der Waals surface area contributed by atoms with E-state index in [0.29, 0.717) is 5.92 Å². The highest BCUT2D eigenvalue weighted by Gasteiger charge is 2.29. The molecule has 5 heteroatoms. The van der Waals surface area contributed by atoms with Crippen molar-refractivity contribution in [2.24, 2.45) is 0 Å². The van der Waals surface area contributed by atoms with Crippen LogP contribution in [-0.2, 0) is 0 Å². The Morgan fingerprint density at radius 2 is 1.87 bits per heavy atom. The van der Waals surface area contributed by atoms with Crippen LogP contribution in [0.5, 0.6) is 5.75 Å². The number of aliphatic hydroxyl groups excluding tert-OH is 1. The number of hydrogen-bond acceptors (Lipinski definition) is 3. The molecule has 3 rings (SSSR count). The Labute approximate surface area is 137 Å². The number of urea groups is 1. The van der Waals surface area contributed by atoms with Gasteiger partial charge in [-0.15, -0.1) is 0 Å². The van der Waals surface area contributed by atoms with Gasteiger partial charge in [-0.1, -0.05) is 12.1 Å². The summed E-state index contributed by atoms with van der Waals surface area (Å²) in [7, 11) is 1.67. The first-order chi connectivity index (χ1) is 11.2. The molecule has 1 saturated heterocycles. The molecule has 1 unspecified atom stereocenters. The number of methoxy groups -OCH3 is 1. The molecule has 2 N–H and O–H groups in total. The van der Waals surface area contributed by atoms with Gasteiger partial charge >= 0.3 is 6.03 Å². The Morgan fingerprint density at radius 3 is 2.52 bits per heavy atom. The summed E-state index contributed by atoms with van der Waals surface area (Å²) >= 11 is 0. The van der Waals surface area contributed by atoms with Crippen molar-refractivity contribution in [1.29, 1.82) is 0 Å². The summed E-state index contributed by atoms with van der Waals surface area (Å²) in [5.41, 5.74) is 1.27. The highest BCUT2D eigenvalue weighted by Crippen LogP contribution is 2.28. The van der Waals surface area contributed by atoms with Gasteiger partial charge in [0, 0.05) is 25.0 Å². The van der Waals surface area contributed by atoms with E-state index in [9.17, 15) is 9.90 Å². The first kappa shape index (κ1) is 16.1. The van der Waals surface area contributed by atoms with E-state index in [2.05, 4.69) is 17.4 Å². The van der Waals surface area contributed by atoms with Crippen LogP contribution in [0.4, 0.5) is 4.79 Å². The van der Waals surface area contributed by atoms with Crippen LogP contribution in [0.2, 0.25) is 0 Å². The Hall–Kier alpha value is -1.75.